The third kappa shape index (κ3) is 4.49. The fraction of sp³-hybridized carbons (Fsp3) is 0.471. The molecule has 0 saturated heterocycles. The first-order valence-corrected chi connectivity index (χ1v) is 7.81. The Morgan fingerprint density at radius 1 is 1.48 bits per heavy atom. The molecule has 21 heavy (non-hydrogen) atoms. The highest BCUT2D eigenvalue weighted by Crippen LogP contribution is 2.30. The lowest BCUT2D eigenvalue weighted by molar-refractivity contribution is 0.0747. The Bertz CT molecular complexity index is 570. The largest absolute Gasteiger partial charge is 0.338 e. The summed E-state index contributed by atoms with van der Waals surface area (Å²) in [7, 11) is 0. The molecule has 0 radical (unpaired) electrons. The zero-order valence-electron chi connectivity index (χ0n) is 12.4. The van der Waals surface area contributed by atoms with E-state index in [1.165, 1.54) is 12.8 Å². The van der Waals surface area contributed by atoms with Crippen LogP contribution in [0.1, 0.15) is 42.1 Å². The van der Waals surface area contributed by atoms with Crippen LogP contribution in [-0.2, 0) is 0 Å². The summed E-state index contributed by atoms with van der Waals surface area (Å²) in [6.07, 6.45) is 3.44. The molecule has 3 nitrogen and oxygen atoms in total. The fourth-order valence-corrected chi connectivity index (χ4v) is 2.46. The molecule has 4 heteroatoms. The maximum absolute atomic E-state index is 12.6. The summed E-state index contributed by atoms with van der Waals surface area (Å²) in [5.74, 6) is 6.42. The van der Waals surface area contributed by atoms with Crippen LogP contribution >= 0.6 is 11.6 Å². The van der Waals surface area contributed by atoms with E-state index in [1.807, 2.05) is 4.90 Å². The molecule has 2 rings (SSSR count). The van der Waals surface area contributed by atoms with Gasteiger partial charge in [0.1, 0.15) is 0 Å². The molecule has 0 heterocycles. The second-order valence-corrected chi connectivity index (χ2v) is 5.80. The highest BCUT2D eigenvalue weighted by molar-refractivity contribution is 6.32. The van der Waals surface area contributed by atoms with Crippen LogP contribution in [0.5, 0.6) is 0 Å². The van der Waals surface area contributed by atoms with E-state index in [4.69, 9.17) is 17.3 Å². The van der Waals surface area contributed by atoms with E-state index in [0.29, 0.717) is 28.6 Å². The highest BCUT2D eigenvalue weighted by atomic mass is 35.5. The van der Waals surface area contributed by atoms with Crippen molar-refractivity contribution in [2.24, 2.45) is 11.7 Å². The first-order valence-electron chi connectivity index (χ1n) is 7.43. The maximum atomic E-state index is 12.6. The maximum Gasteiger partial charge on any atom is 0.253 e. The Kier molecular flexibility index (Phi) is 5.67. The Labute approximate surface area is 131 Å². The van der Waals surface area contributed by atoms with Gasteiger partial charge in [0.2, 0.25) is 0 Å². The summed E-state index contributed by atoms with van der Waals surface area (Å²) in [6, 6.07) is 5.30. The molecular formula is C17H21ClN2O. The number of benzene rings is 1. The van der Waals surface area contributed by atoms with E-state index in [9.17, 15) is 4.79 Å². The molecule has 1 fully saturated rings. The SMILES string of the molecule is CCCN(CC1CC1)C(=O)c1ccc(C#CCN)c(Cl)c1. The van der Waals surface area contributed by atoms with E-state index in [-0.39, 0.29) is 5.91 Å². The number of carbonyl (C=O) groups excluding carboxylic acids is 1. The van der Waals surface area contributed by atoms with E-state index < -0.39 is 0 Å². The molecular weight excluding hydrogens is 284 g/mol. The minimum Gasteiger partial charge on any atom is -0.338 e. The van der Waals surface area contributed by atoms with Crippen LogP contribution in [0.15, 0.2) is 18.2 Å². The van der Waals surface area contributed by atoms with Gasteiger partial charge in [-0.25, -0.2) is 0 Å². The second-order valence-electron chi connectivity index (χ2n) is 5.40. The average molecular weight is 305 g/mol. The Morgan fingerprint density at radius 3 is 2.81 bits per heavy atom. The van der Waals surface area contributed by atoms with Crippen LogP contribution in [0.3, 0.4) is 0 Å². The van der Waals surface area contributed by atoms with Crippen molar-refractivity contribution in [1.29, 1.82) is 0 Å². The number of amides is 1. The summed E-state index contributed by atoms with van der Waals surface area (Å²) < 4.78 is 0. The quantitative estimate of drug-likeness (QED) is 0.850. The number of hydrogen-bond acceptors (Lipinski definition) is 2. The summed E-state index contributed by atoms with van der Waals surface area (Å²) >= 11 is 6.19. The molecule has 0 spiro atoms. The zero-order chi connectivity index (χ0) is 15.2. The standard InChI is InChI=1S/C17H21ClN2O/c1-2-10-20(12-13-5-6-13)17(21)15-8-7-14(4-3-9-19)16(18)11-15/h7-8,11,13H,2,5-6,9-10,12,19H2,1H3. The molecule has 0 aromatic heterocycles. The van der Waals surface area contributed by atoms with Crippen molar-refractivity contribution < 1.29 is 4.79 Å². The van der Waals surface area contributed by atoms with Gasteiger partial charge in [-0.2, -0.15) is 0 Å². The van der Waals surface area contributed by atoms with E-state index in [1.54, 1.807) is 18.2 Å². The summed E-state index contributed by atoms with van der Waals surface area (Å²) in [5, 5.41) is 0.504. The number of hydrogen-bond donors (Lipinski definition) is 1. The number of nitrogens with two attached hydrogens (primary N) is 1. The van der Waals surface area contributed by atoms with Crippen molar-refractivity contribution in [3.05, 3.63) is 34.3 Å². The predicted molar refractivity (Wildman–Crippen MR) is 86.3 cm³/mol. The van der Waals surface area contributed by atoms with Gasteiger partial charge in [0.05, 0.1) is 11.6 Å². The van der Waals surface area contributed by atoms with Crippen LogP contribution in [-0.4, -0.2) is 30.4 Å². The number of nitrogens with zero attached hydrogens (tertiary/aromatic N) is 1. The molecule has 1 amide bonds. The summed E-state index contributed by atoms with van der Waals surface area (Å²) in [6.45, 7) is 4.04. The molecule has 1 aromatic carbocycles. The first-order chi connectivity index (χ1) is 10.2. The molecule has 1 aliphatic rings. The molecule has 0 atom stereocenters. The van der Waals surface area contributed by atoms with Crippen molar-refractivity contribution in [2.45, 2.75) is 26.2 Å². The topological polar surface area (TPSA) is 46.3 Å². The van der Waals surface area contributed by atoms with Gasteiger partial charge in [-0.1, -0.05) is 30.4 Å². The number of carbonyl (C=O) groups is 1. The normalized spacial score (nSPS) is 13.5. The third-order valence-electron chi connectivity index (χ3n) is 3.50. The van der Waals surface area contributed by atoms with Gasteiger partial charge in [-0.15, -0.1) is 0 Å². The molecule has 2 N–H and O–H groups in total. The van der Waals surface area contributed by atoms with Crippen molar-refractivity contribution >= 4 is 17.5 Å². The molecule has 112 valence electrons. The van der Waals surface area contributed by atoms with Gasteiger partial charge < -0.3 is 10.6 Å². The van der Waals surface area contributed by atoms with Crippen molar-refractivity contribution in [1.82, 2.24) is 4.90 Å². The highest BCUT2D eigenvalue weighted by Gasteiger charge is 2.27. The second kappa shape index (κ2) is 7.49. The van der Waals surface area contributed by atoms with Crippen LogP contribution < -0.4 is 5.73 Å². The monoisotopic (exact) mass is 304 g/mol. The predicted octanol–water partition coefficient (Wildman–Crippen LogP) is 2.91. The van der Waals surface area contributed by atoms with Gasteiger partial charge >= 0.3 is 0 Å². The molecule has 1 aromatic rings. The molecule has 1 saturated carbocycles. The molecule has 1 aliphatic carbocycles. The summed E-state index contributed by atoms with van der Waals surface area (Å²) in [5.41, 5.74) is 6.70. The Hall–Kier alpha value is -1.50. The van der Waals surface area contributed by atoms with Gasteiger partial charge in [-0.3, -0.25) is 4.79 Å². The van der Waals surface area contributed by atoms with Crippen LogP contribution in [0.25, 0.3) is 0 Å². The fourth-order valence-electron chi connectivity index (χ4n) is 2.24. The first kappa shape index (κ1) is 15.9. The van der Waals surface area contributed by atoms with E-state index >= 15 is 0 Å². The minimum atomic E-state index is 0.0592. The lowest BCUT2D eigenvalue weighted by Gasteiger charge is -2.22. The summed E-state index contributed by atoms with van der Waals surface area (Å²) in [4.78, 5) is 14.5. The molecule has 0 aliphatic heterocycles. The zero-order valence-corrected chi connectivity index (χ0v) is 13.1. The Balaban J connectivity index is 2.14. The molecule has 0 bridgehead atoms. The van der Waals surface area contributed by atoms with Gasteiger partial charge in [0.25, 0.3) is 5.91 Å². The molecule has 0 unspecified atom stereocenters. The van der Waals surface area contributed by atoms with E-state index in [0.717, 1.165) is 19.5 Å². The van der Waals surface area contributed by atoms with Crippen LogP contribution in [0.4, 0.5) is 0 Å². The lowest BCUT2D eigenvalue weighted by atomic mass is 10.1. The smallest absolute Gasteiger partial charge is 0.253 e. The number of rotatable bonds is 5. The van der Waals surface area contributed by atoms with E-state index in [2.05, 4.69) is 18.8 Å². The number of halogens is 1. The lowest BCUT2D eigenvalue weighted by Crippen LogP contribution is -2.33. The van der Waals surface area contributed by atoms with Gasteiger partial charge in [0, 0.05) is 24.2 Å². The van der Waals surface area contributed by atoms with Crippen LogP contribution in [0.2, 0.25) is 5.02 Å². The van der Waals surface area contributed by atoms with Crippen molar-refractivity contribution in [3.63, 3.8) is 0 Å². The van der Waals surface area contributed by atoms with Gasteiger partial charge in [0.15, 0.2) is 0 Å². The van der Waals surface area contributed by atoms with Gasteiger partial charge in [-0.05, 0) is 43.4 Å². The van der Waals surface area contributed by atoms with Crippen LogP contribution in [0, 0.1) is 17.8 Å². The Morgan fingerprint density at radius 2 is 2.24 bits per heavy atom. The minimum absolute atomic E-state index is 0.0592. The van der Waals surface area contributed by atoms with Crippen molar-refractivity contribution in [3.8, 4) is 11.8 Å². The third-order valence-corrected chi connectivity index (χ3v) is 3.81. The average Bonchev–Trinajstić information content (AvgIpc) is 3.29. The van der Waals surface area contributed by atoms with Crippen molar-refractivity contribution in [2.75, 3.05) is 19.6 Å².